The summed E-state index contributed by atoms with van der Waals surface area (Å²) in [7, 11) is 0. The van der Waals surface area contributed by atoms with E-state index in [1.165, 1.54) is 0 Å². The molecule has 6 nitrogen and oxygen atoms in total. The third-order valence-corrected chi connectivity index (χ3v) is 4.49. The zero-order chi connectivity index (χ0) is 16.8. The van der Waals surface area contributed by atoms with Crippen molar-refractivity contribution in [1.82, 2.24) is 9.55 Å². The summed E-state index contributed by atoms with van der Waals surface area (Å²) in [5.74, 6) is -0.0283. The summed E-state index contributed by atoms with van der Waals surface area (Å²) >= 11 is 0. The maximum Gasteiger partial charge on any atom is 0.306 e. The highest BCUT2D eigenvalue weighted by Crippen LogP contribution is 2.30. The van der Waals surface area contributed by atoms with Crippen LogP contribution in [0.25, 0.3) is 0 Å². The number of nitrogens with one attached hydrogen (secondary N) is 1. The first-order valence-electron chi connectivity index (χ1n) is 8.39. The van der Waals surface area contributed by atoms with E-state index in [1.807, 2.05) is 35.0 Å². The normalized spacial score (nSPS) is 20.5. The van der Waals surface area contributed by atoms with Crippen LogP contribution in [0.4, 0.5) is 5.69 Å². The van der Waals surface area contributed by atoms with Crippen LogP contribution in [0.5, 0.6) is 5.75 Å². The average Bonchev–Trinajstić information content (AvgIpc) is 3.10. The molecule has 1 aromatic carbocycles. The first-order chi connectivity index (χ1) is 11.7. The number of anilines is 1. The molecule has 1 saturated carbocycles. The number of imidazole rings is 1. The maximum absolute atomic E-state index is 11.0. The highest BCUT2D eigenvalue weighted by atomic mass is 16.5. The molecule has 1 aromatic heterocycles. The van der Waals surface area contributed by atoms with Crippen molar-refractivity contribution in [2.24, 2.45) is 5.92 Å². The molecule has 0 atom stereocenters. The number of ether oxygens (including phenoxy) is 1. The largest absolute Gasteiger partial charge is 0.490 e. The van der Waals surface area contributed by atoms with Crippen molar-refractivity contribution in [3.05, 3.63) is 43.0 Å². The van der Waals surface area contributed by atoms with Crippen molar-refractivity contribution in [3.8, 4) is 5.75 Å². The molecule has 1 aliphatic carbocycles. The van der Waals surface area contributed by atoms with Crippen LogP contribution in [0.2, 0.25) is 0 Å². The van der Waals surface area contributed by atoms with Gasteiger partial charge in [-0.15, -0.1) is 0 Å². The standard InChI is InChI=1S/C18H23N3O3/c22-18(23)14-5-7-15(8-6-14)20-16-3-1-2-4-17(16)24-12-11-21-10-9-19-13-21/h1-4,9-10,13-15,20H,5-8,11-12H2,(H,22,23). The summed E-state index contributed by atoms with van der Waals surface area (Å²) in [5, 5.41) is 12.6. The van der Waals surface area contributed by atoms with Crippen LogP contribution >= 0.6 is 0 Å². The third-order valence-electron chi connectivity index (χ3n) is 4.49. The lowest BCUT2D eigenvalue weighted by atomic mass is 9.86. The Balaban J connectivity index is 1.53. The Hall–Kier alpha value is -2.50. The van der Waals surface area contributed by atoms with Crippen LogP contribution in [0.3, 0.4) is 0 Å². The van der Waals surface area contributed by atoms with Crippen molar-refractivity contribution < 1.29 is 14.6 Å². The number of rotatable bonds is 7. The van der Waals surface area contributed by atoms with E-state index in [2.05, 4.69) is 10.3 Å². The minimum atomic E-state index is -0.670. The lowest BCUT2D eigenvalue weighted by molar-refractivity contribution is -0.142. The van der Waals surface area contributed by atoms with E-state index in [0.717, 1.165) is 43.7 Å². The van der Waals surface area contributed by atoms with Gasteiger partial charge in [-0.25, -0.2) is 4.98 Å². The van der Waals surface area contributed by atoms with Gasteiger partial charge in [-0.05, 0) is 37.8 Å². The fraction of sp³-hybridized carbons (Fsp3) is 0.444. The third kappa shape index (κ3) is 4.28. The van der Waals surface area contributed by atoms with Gasteiger partial charge in [0.05, 0.1) is 24.5 Å². The Morgan fingerprint density at radius 2 is 2.08 bits per heavy atom. The van der Waals surface area contributed by atoms with Crippen molar-refractivity contribution in [1.29, 1.82) is 0 Å². The molecule has 0 spiro atoms. The molecule has 0 amide bonds. The fourth-order valence-electron chi connectivity index (χ4n) is 3.10. The fourth-order valence-corrected chi connectivity index (χ4v) is 3.10. The summed E-state index contributed by atoms with van der Waals surface area (Å²) < 4.78 is 7.88. The summed E-state index contributed by atoms with van der Waals surface area (Å²) in [6, 6.07) is 8.21. The molecule has 1 fully saturated rings. The number of hydrogen-bond acceptors (Lipinski definition) is 4. The quantitative estimate of drug-likeness (QED) is 0.816. The topological polar surface area (TPSA) is 76.4 Å². The Morgan fingerprint density at radius 1 is 1.29 bits per heavy atom. The molecule has 0 saturated heterocycles. The minimum absolute atomic E-state index is 0.190. The average molecular weight is 329 g/mol. The van der Waals surface area contributed by atoms with Crippen LogP contribution in [-0.4, -0.2) is 33.3 Å². The van der Waals surface area contributed by atoms with Gasteiger partial charge in [0.1, 0.15) is 12.4 Å². The number of aromatic nitrogens is 2. The Labute approximate surface area is 141 Å². The number of hydrogen-bond donors (Lipinski definition) is 2. The van der Waals surface area contributed by atoms with Gasteiger partial charge in [0.2, 0.25) is 0 Å². The summed E-state index contributed by atoms with van der Waals surface area (Å²) in [6.07, 6.45) is 8.65. The molecule has 2 aromatic rings. The molecule has 2 N–H and O–H groups in total. The maximum atomic E-state index is 11.0. The van der Waals surface area contributed by atoms with Crippen molar-refractivity contribution >= 4 is 11.7 Å². The molecule has 0 bridgehead atoms. The minimum Gasteiger partial charge on any atom is -0.490 e. The lowest BCUT2D eigenvalue weighted by Crippen LogP contribution is -2.29. The van der Waals surface area contributed by atoms with E-state index in [-0.39, 0.29) is 5.92 Å². The molecule has 0 aliphatic heterocycles. The molecule has 1 heterocycles. The van der Waals surface area contributed by atoms with Crippen molar-refractivity contribution in [2.45, 2.75) is 38.3 Å². The predicted molar refractivity (Wildman–Crippen MR) is 91.2 cm³/mol. The predicted octanol–water partition coefficient (Wildman–Crippen LogP) is 3.02. The van der Waals surface area contributed by atoms with E-state index in [4.69, 9.17) is 9.84 Å². The van der Waals surface area contributed by atoms with Gasteiger partial charge in [-0.3, -0.25) is 4.79 Å². The molecule has 0 unspecified atom stereocenters. The first kappa shape index (κ1) is 16.4. The van der Waals surface area contributed by atoms with Crippen LogP contribution < -0.4 is 10.1 Å². The van der Waals surface area contributed by atoms with E-state index in [9.17, 15) is 4.79 Å². The highest BCUT2D eigenvalue weighted by Gasteiger charge is 2.26. The Bertz CT molecular complexity index is 649. The number of carboxylic acids is 1. The lowest BCUT2D eigenvalue weighted by Gasteiger charge is -2.28. The van der Waals surface area contributed by atoms with Crippen molar-refractivity contribution in [2.75, 3.05) is 11.9 Å². The summed E-state index contributed by atoms with van der Waals surface area (Å²) in [4.78, 5) is 15.1. The summed E-state index contributed by atoms with van der Waals surface area (Å²) in [5.41, 5.74) is 0.974. The van der Waals surface area contributed by atoms with Gasteiger partial charge in [-0.2, -0.15) is 0 Å². The van der Waals surface area contributed by atoms with Crippen LogP contribution in [0.1, 0.15) is 25.7 Å². The number of carbonyl (C=O) groups is 1. The monoisotopic (exact) mass is 329 g/mol. The van der Waals surface area contributed by atoms with Gasteiger partial charge in [0.15, 0.2) is 0 Å². The smallest absolute Gasteiger partial charge is 0.306 e. The van der Waals surface area contributed by atoms with Crippen LogP contribution in [0, 0.1) is 5.92 Å². The van der Waals surface area contributed by atoms with E-state index in [0.29, 0.717) is 12.6 Å². The highest BCUT2D eigenvalue weighted by molar-refractivity contribution is 5.70. The van der Waals surface area contributed by atoms with E-state index >= 15 is 0 Å². The second-order valence-corrected chi connectivity index (χ2v) is 6.18. The molecular weight excluding hydrogens is 306 g/mol. The second-order valence-electron chi connectivity index (χ2n) is 6.18. The Kier molecular flexibility index (Phi) is 5.36. The van der Waals surface area contributed by atoms with Gasteiger partial charge < -0.3 is 19.7 Å². The van der Waals surface area contributed by atoms with Gasteiger partial charge >= 0.3 is 5.97 Å². The molecule has 1 aliphatic rings. The van der Waals surface area contributed by atoms with Crippen LogP contribution in [-0.2, 0) is 11.3 Å². The van der Waals surface area contributed by atoms with E-state index < -0.39 is 5.97 Å². The number of nitrogens with zero attached hydrogens (tertiary/aromatic N) is 2. The zero-order valence-electron chi connectivity index (χ0n) is 13.6. The molecule has 3 rings (SSSR count). The molecule has 0 radical (unpaired) electrons. The molecule has 24 heavy (non-hydrogen) atoms. The second kappa shape index (κ2) is 7.86. The van der Waals surface area contributed by atoms with Crippen LogP contribution in [0.15, 0.2) is 43.0 Å². The molecular formula is C18H23N3O3. The molecule has 128 valence electrons. The SMILES string of the molecule is O=C(O)C1CCC(Nc2ccccc2OCCn2ccnc2)CC1. The number of carboxylic acid groups (broad SMARTS) is 1. The zero-order valence-corrected chi connectivity index (χ0v) is 13.6. The first-order valence-corrected chi connectivity index (χ1v) is 8.39. The number of benzene rings is 1. The van der Waals surface area contributed by atoms with Gasteiger partial charge in [-0.1, -0.05) is 12.1 Å². The number of para-hydroxylation sites is 2. The summed E-state index contributed by atoms with van der Waals surface area (Å²) in [6.45, 7) is 1.32. The van der Waals surface area contributed by atoms with Gasteiger partial charge in [0, 0.05) is 18.4 Å². The van der Waals surface area contributed by atoms with Crippen molar-refractivity contribution in [3.63, 3.8) is 0 Å². The molecule has 6 heteroatoms. The van der Waals surface area contributed by atoms with E-state index in [1.54, 1.807) is 12.5 Å². The Morgan fingerprint density at radius 3 is 2.79 bits per heavy atom. The number of aliphatic carboxylic acids is 1. The van der Waals surface area contributed by atoms with Gasteiger partial charge in [0.25, 0.3) is 0 Å².